The van der Waals surface area contributed by atoms with Gasteiger partial charge in [-0.25, -0.2) is 4.98 Å². The molecule has 0 saturated heterocycles. The fourth-order valence-electron chi connectivity index (χ4n) is 2.09. The van der Waals surface area contributed by atoms with Crippen molar-refractivity contribution in [3.05, 3.63) is 21.8 Å². The molecule has 2 amide bonds. The third-order valence-electron chi connectivity index (χ3n) is 3.29. The number of aromatic nitrogens is 2. The van der Waals surface area contributed by atoms with Gasteiger partial charge in [0.25, 0.3) is 5.56 Å². The lowest BCUT2D eigenvalue weighted by molar-refractivity contribution is -0.133. The highest BCUT2D eigenvalue weighted by Gasteiger charge is 2.19. The maximum absolute atomic E-state index is 12.2. The van der Waals surface area contributed by atoms with Crippen molar-refractivity contribution < 1.29 is 9.59 Å². The van der Waals surface area contributed by atoms with Crippen molar-refractivity contribution in [2.45, 2.75) is 31.5 Å². The van der Waals surface area contributed by atoms with Gasteiger partial charge >= 0.3 is 0 Å². The number of likely N-dealkylation sites (N-methyl/N-ethyl adjacent to an activating group) is 1. The summed E-state index contributed by atoms with van der Waals surface area (Å²) in [5, 5.41) is 5.12. The average molecular weight is 383 g/mol. The summed E-state index contributed by atoms with van der Waals surface area (Å²) in [7, 11) is 3.22. The van der Waals surface area contributed by atoms with Crippen LogP contribution in [0.1, 0.15) is 20.8 Å². The Morgan fingerprint density at radius 2 is 2.08 bits per heavy atom. The number of rotatable bonds is 5. The van der Waals surface area contributed by atoms with Gasteiger partial charge in [0.2, 0.25) is 11.8 Å². The summed E-state index contributed by atoms with van der Waals surface area (Å²) in [5.41, 5.74) is 0.183. The molecule has 0 aliphatic heterocycles. The number of nitrogens with one attached hydrogen (secondary N) is 1. The molecule has 2 aromatic rings. The Labute approximate surface area is 154 Å². The van der Waals surface area contributed by atoms with Crippen LogP contribution >= 0.6 is 23.1 Å². The van der Waals surface area contributed by atoms with Crippen molar-refractivity contribution in [1.29, 1.82) is 0 Å². The average Bonchev–Trinajstić information content (AvgIpc) is 2.95. The predicted octanol–water partition coefficient (Wildman–Crippen LogP) is 1.46. The number of carbonyl (C=O) groups excluding carboxylic acids is 2. The second-order valence-electron chi connectivity index (χ2n) is 6.73. The molecule has 2 heterocycles. The normalized spacial score (nSPS) is 11.6. The molecule has 25 heavy (non-hydrogen) atoms. The van der Waals surface area contributed by atoms with Gasteiger partial charge in [-0.3, -0.25) is 19.0 Å². The van der Waals surface area contributed by atoms with Gasteiger partial charge in [-0.15, -0.1) is 11.3 Å². The Kier molecular flexibility index (Phi) is 5.89. The van der Waals surface area contributed by atoms with Gasteiger partial charge in [0.1, 0.15) is 4.70 Å². The molecular weight excluding hydrogens is 360 g/mol. The molecule has 0 atom stereocenters. The first-order chi connectivity index (χ1) is 11.6. The quantitative estimate of drug-likeness (QED) is 0.625. The van der Waals surface area contributed by atoms with E-state index < -0.39 is 0 Å². The number of amides is 2. The predicted molar refractivity (Wildman–Crippen MR) is 101 cm³/mol. The molecule has 7 nitrogen and oxygen atoms in total. The standard InChI is InChI=1S/C16H22N4O3S2/c1-16(2,3)18-11(21)8-19(4)12(22)9-25-15-17-10-6-7-24-13(10)14(23)20(15)5/h6-7H,8-9H2,1-5H3,(H,18,21). The number of thiophene rings is 1. The van der Waals surface area contributed by atoms with E-state index in [2.05, 4.69) is 10.3 Å². The molecule has 2 rings (SSSR count). The van der Waals surface area contributed by atoms with E-state index in [4.69, 9.17) is 0 Å². The number of thioether (sulfide) groups is 1. The SMILES string of the molecule is CN(CC(=O)NC(C)(C)C)C(=O)CSc1nc2ccsc2c(=O)n1C. The third kappa shape index (κ3) is 5.05. The Hall–Kier alpha value is -1.87. The second-order valence-corrected chi connectivity index (χ2v) is 8.59. The van der Waals surface area contributed by atoms with E-state index >= 15 is 0 Å². The van der Waals surface area contributed by atoms with Crippen molar-refractivity contribution in [2.75, 3.05) is 19.3 Å². The van der Waals surface area contributed by atoms with Crippen molar-refractivity contribution in [3.63, 3.8) is 0 Å². The summed E-state index contributed by atoms with van der Waals surface area (Å²) >= 11 is 2.54. The van der Waals surface area contributed by atoms with Crippen LogP contribution in [0.2, 0.25) is 0 Å². The zero-order chi connectivity index (χ0) is 18.8. The minimum absolute atomic E-state index is 0.00735. The van der Waals surface area contributed by atoms with E-state index in [0.29, 0.717) is 15.4 Å². The van der Waals surface area contributed by atoms with Crippen LogP contribution in [0.3, 0.4) is 0 Å². The minimum atomic E-state index is -0.339. The molecule has 0 bridgehead atoms. The molecule has 0 unspecified atom stereocenters. The topological polar surface area (TPSA) is 84.3 Å². The molecule has 2 aromatic heterocycles. The van der Waals surface area contributed by atoms with Crippen LogP contribution in [0.5, 0.6) is 0 Å². The summed E-state index contributed by atoms with van der Waals surface area (Å²) in [5.74, 6) is -0.304. The first-order valence-electron chi connectivity index (χ1n) is 7.70. The van der Waals surface area contributed by atoms with Gasteiger partial charge in [0.05, 0.1) is 17.8 Å². The Morgan fingerprint density at radius 1 is 1.40 bits per heavy atom. The number of hydrogen-bond acceptors (Lipinski definition) is 6. The van der Waals surface area contributed by atoms with E-state index in [0.717, 1.165) is 0 Å². The summed E-state index contributed by atoms with van der Waals surface area (Å²) in [6.45, 7) is 5.65. The largest absolute Gasteiger partial charge is 0.350 e. The highest BCUT2D eigenvalue weighted by Crippen LogP contribution is 2.20. The molecule has 0 fully saturated rings. The lowest BCUT2D eigenvalue weighted by atomic mass is 10.1. The first kappa shape index (κ1) is 19.5. The lowest BCUT2D eigenvalue weighted by Crippen LogP contribution is -2.46. The first-order valence-corrected chi connectivity index (χ1v) is 9.57. The van der Waals surface area contributed by atoms with Crippen molar-refractivity contribution in [2.24, 2.45) is 7.05 Å². The molecule has 0 aliphatic rings. The molecule has 0 aliphatic carbocycles. The Bertz CT molecular complexity index is 851. The van der Waals surface area contributed by atoms with Gasteiger partial charge in [0, 0.05) is 19.6 Å². The summed E-state index contributed by atoms with van der Waals surface area (Å²) in [4.78, 5) is 42.2. The summed E-state index contributed by atoms with van der Waals surface area (Å²) in [6, 6.07) is 1.79. The van der Waals surface area contributed by atoms with E-state index in [1.807, 2.05) is 26.2 Å². The maximum Gasteiger partial charge on any atom is 0.271 e. The van der Waals surface area contributed by atoms with Gasteiger partial charge in [-0.05, 0) is 32.2 Å². The van der Waals surface area contributed by atoms with E-state index in [-0.39, 0.29) is 35.2 Å². The molecule has 0 aromatic carbocycles. The molecule has 0 radical (unpaired) electrons. The summed E-state index contributed by atoms with van der Waals surface area (Å²) < 4.78 is 2.05. The number of fused-ring (bicyclic) bond motifs is 1. The van der Waals surface area contributed by atoms with Crippen LogP contribution in [-0.4, -0.2) is 51.1 Å². The Balaban J connectivity index is 1.99. The summed E-state index contributed by atoms with van der Waals surface area (Å²) in [6.07, 6.45) is 0. The van der Waals surface area contributed by atoms with E-state index in [1.54, 1.807) is 20.2 Å². The Morgan fingerprint density at radius 3 is 2.72 bits per heavy atom. The maximum atomic E-state index is 12.2. The number of nitrogens with zero attached hydrogens (tertiary/aromatic N) is 3. The zero-order valence-electron chi connectivity index (χ0n) is 15.0. The molecule has 0 spiro atoms. The van der Waals surface area contributed by atoms with Crippen LogP contribution in [0, 0.1) is 0 Å². The number of hydrogen-bond donors (Lipinski definition) is 1. The highest BCUT2D eigenvalue weighted by molar-refractivity contribution is 7.99. The molecule has 9 heteroatoms. The lowest BCUT2D eigenvalue weighted by Gasteiger charge is -2.23. The zero-order valence-corrected chi connectivity index (χ0v) is 16.6. The minimum Gasteiger partial charge on any atom is -0.350 e. The van der Waals surface area contributed by atoms with Gasteiger partial charge in [-0.1, -0.05) is 11.8 Å². The van der Waals surface area contributed by atoms with Crippen LogP contribution in [-0.2, 0) is 16.6 Å². The third-order valence-corrected chi connectivity index (χ3v) is 5.20. The van der Waals surface area contributed by atoms with Gasteiger partial charge < -0.3 is 10.2 Å². The van der Waals surface area contributed by atoms with Gasteiger partial charge in [0.15, 0.2) is 5.16 Å². The van der Waals surface area contributed by atoms with Crippen molar-refractivity contribution in [1.82, 2.24) is 19.8 Å². The second kappa shape index (κ2) is 7.57. The fraction of sp³-hybridized carbons (Fsp3) is 0.500. The van der Waals surface area contributed by atoms with Gasteiger partial charge in [-0.2, -0.15) is 0 Å². The van der Waals surface area contributed by atoms with Crippen LogP contribution in [0.25, 0.3) is 10.2 Å². The van der Waals surface area contributed by atoms with Crippen molar-refractivity contribution in [3.8, 4) is 0 Å². The molecule has 136 valence electrons. The van der Waals surface area contributed by atoms with E-state index in [9.17, 15) is 14.4 Å². The fourth-order valence-corrected chi connectivity index (χ4v) is 3.81. The molecular formula is C16H22N4O3S2. The van der Waals surface area contributed by atoms with Crippen molar-refractivity contribution >= 4 is 45.1 Å². The number of carbonyl (C=O) groups is 2. The monoisotopic (exact) mass is 382 g/mol. The van der Waals surface area contributed by atoms with E-state index in [1.165, 1.54) is 32.6 Å². The highest BCUT2D eigenvalue weighted by atomic mass is 32.2. The smallest absolute Gasteiger partial charge is 0.271 e. The van der Waals surface area contributed by atoms with Crippen LogP contribution in [0.15, 0.2) is 21.4 Å². The van der Waals surface area contributed by atoms with Crippen LogP contribution in [0.4, 0.5) is 0 Å². The molecule has 0 saturated carbocycles. The van der Waals surface area contributed by atoms with Crippen LogP contribution < -0.4 is 10.9 Å². The molecule has 1 N–H and O–H groups in total.